The number of aromatic nitrogens is 2. The lowest BCUT2D eigenvalue weighted by molar-refractivity contribution is -0.0269. The van der Waals surface area contributed by atoms with E-state index in [4.69, 9.17) is 27.0 Å². The van der Waals surface area contributed by atoms with Crippen LogP contribution >= 0.6 is 11.6 Å². The van der Waals surface area contributed by atoms with Crippen LogP contribution in [0.25, 0.3) is 10.4 Å². The van der Waals surface area contributed by atoms with Gasteiger partial charge in [-0.3, -0.25) is 14.3 Å². The van der Waals surface area contributed by atoms with Gasteiger partial charge in [-0.05, 0) is 5.53 Å². The summed E-state index contributed by atoms with van der Waals surface area (Å²) < 4.78 is 6.45. The Morgan fingerprint density at radius 2 is 2.42 bits per heavy atom. The molecule has 1 aliphatic heterocycles. The fourth-order valence-corrected chi connectivity index (χ4v) is 2.25. The van der Waals surface area contributed by atoms with E-state index >= 15 is 0 Å². The molecule has 9 nitrogen and oxygen atoms in total. The molecule has 0 aliphatic carbocycles. The Balaban J connectivity index is 2.37. The Morgan fingerprint density at radius 1 is 1.68 bits per heavy atom. The largest absolute Gasteiger partial charge is 0.394 e. The molecular formula is C9H10ClN5O4. The minimum absolute atomic E-state index is 0.0861. The zero-order valence-electron chi connectivity index (χ0n) is 9.56. The SMILES string of the molecule is [N-]=[N+]=N[C@H]1C[C@H](n2c(Cl)cc(=O)[nH]c2=O)O[C@@H]1CO. The number of nitrogens with zero attached hydrogens (tertiary/aromatic N) is 4. The second-order valence-electron chi connectivity index (χ2n) is 3.95. The molecule has 1 aromatic rings. The van der Waals surface area contributed by atoms with E-state index in [1.807, 2.05) is 0 Å². The number of rotatable bonds is 3. The van der Waals surface area contributed by atoms with E-state index in [1.165, 1.54) is 0 Å². The quantitative estimate of drug-likeness (QED) is 0.354. The smallest absolute Gasteiger partial charge is 0.331 e. The molecule has 0 radical (unpaired) electrons. The van der Waals surface area contributed by atoms with Gasteiger partial charge in [0.2, 0.25) is 0 Å². The molecule has 0 aromatic carbocycles. The van der Waals surface area contributed by atoms with Gasteiger partial charge in [0, 0.05) is 17.4 Å². The number of aromatic amines is 1. The van der Waals surface area contributed by atoms with Gasteiger partial charge in [0.25, 0.3) is 5.56 Å². The summed E-state index contributed by atoms with van der Waals surface area (Å²) in [6.45, 7) is -0.351. The molecule has 1 saturated heterocycles. The Kier molecular flexibility index (Phi) is 3.91. The summed E-state index contributed by atoms with van der Waals surface area (Å²) in [5, 5.41) is 12.5. The number of hydrogen-bond donors (Lipinski definition) is 2. The van der Waals surface area contributed by atoms with Gasteiger partial charge in [-0.15, -0.1) is 0 Å². The minimum Gasteiger partial charge on any atom is -0.394 e. The number of H-pyrrole nitrogens is 1. The Morgan fingerprint density at radius 3 is 3.00 bits per heavy atom. The molecule has 2 heterocycles. The van der Waals surface area contributed by atoms with Crippen LogP contribution in [0, 0.1) is 0 Å². The van der Waals surface area contributed by atoms with Crippen LogP contribution in [-0.2, 0) is 4.74 Å². The number of nitrogens with one attached hydrogen (secondary N) is 1. The van der Waals surface area contributed by atoms with E-state index in [9.17, 15) is 9.59 Å². The first-order valence-electron chi connectivity index (χ1n) is 5.38. The van der Waals surface area contributed by atoms with E-state index in [-0.39, 0.29) is 18.2 Å². The lowest BCUT2D eigenvalue weighted by Gasteiger charge is -2.15. The molecule has 0 saturated carbocycles. The maximum atomic E-state index is 11.7. The number of halogens is 1. The van der Waals surface area contributed by atoms with Gasteiger partial charge in [-0.25, -0.2) is 4.79 Å². The average molecular weight is 288 g/mol. The van der Waals surface area contributed by atoms with E-state index in [0.717, 1.165) is 10.6 Å². The van der Waals surface area contributed by atoms with Gasteiger partial charge in [-0.1, -0.05) is 16.7 Å². The van der Waals surface area contributed by atoms with Gasteiger partial charge in [0.1, 0.15) is 11.4 Å². The minimum atomic E-state index is -0.801. The lowest BCUT2D eigenvalue weighted by Crippen LogP contribution is -2.32. The zero-order chi connectivity index (χ0) is 14.0. The van der Waals surface area contributed by atoms with Gasteiger partial charge in [-0.2, -0.15) is 0 Å². The second kappa shape index (κ2) is 5.45. The molecule has 1 aliphatic rings. The van der Waals surface area contributed by atoms with Gasteiger partial charge < -0.3 is 9.84 Å². The van der Waals surface area contributed by atoms with Crippen molar-refractivity contribution in [1.82, 2.24) is 9.55 Å². The maximum absolute atomic E-state index is 11.7. The van der Waals surface area contributed by atoms with Crippen molar-refractivity contribution in [2.45, 2.75) is 24.8 Å². The van der Waals surface area contributed by atoms with Crippen LogP contribution < -0.4 is 11.2 Å². The number of ether oxygens (including phenoxy) is 1. The molecule has 0 spiro atoms. The highest BCUT2D eigenvalue weighted by molar-refractivity contribution is 6.29. The summed E-state index contributed by atoms with van der Waals surface area (Å²) in [6, 6.07) is 0.441. The fraction of sp³-hybridized carbons (Fsp3) is 0.556. The van der Waals surface area contributed by atoms with Crippen LogP contribution in [-0.4, -0.2) is 33.4 Å². The molecule has 1 fully saturated rings. The Hall–Kier alpha value is -1.80. The monoisotopic (exact) mass is 287 g/mol. The molecule has 0 bridgehead atoms. The van der Waals surface area contributed by atoms with Crippen molar-refractivity contribution < 1.29 is 9.84 Å². The van der Waals surface area contributed by atoms with Crippen LogP contribution in [0.3, 0.4) is 0 Å². The highest BCUT2D eigenvalue weighted by atomic mass is 35.5. The lowest BCUT2D eigenvalue weighted by atomic mass is 10.1. The standard InChI is InChI=1S/C9H10ClN5O4/c10-6-2-7(17)12-9(18)15(6)8-1-4(13-14-11)5(3-16)19-8/h2,4-5,8,16H,1,3H2,(H,12,17,18)/t4-,5+,8+/m0/s1. The fourth-order valence-electron chi connectivity index (χ4n) is 1.97. The van der Waals surface area contributed by atoms with Gasteiger partial charge >= 0.3 is 5.69 Å². The van der Waals surface area contributed by atoms with Crippen LogP contribution in [0.5, 0.6) is 0 Å². The first-order valence-corrected chi connectivity index (χ1v) is 5.76. The van der Waals surface area contributed by atoms with Crippen molar-refractivity contribution >= 4 is 11.6 Å². The van der Waals surface area contributed by atoms with Crippen LogP contribution in [0.4, 0.5) is 0 Å². The highest BCUT2D eigenvalue weighted by Gasteiger charge is 2.36. The van der Waals surface area contributed by atoms with E-state index in [1.54, 1.807) is 0 Å². The van der Waals surface area contributed by atoms with Gasteiger partial charge in [0.05, 0.1) is 18.8 Å². The molecular weight excluding hydrogens is 278 g/mol. The summed E-state index contributed by atoms with van der Waals surface area (Å²) in [6.07, 6.45) is -1.33. The van der Waals surface area contributed by atoms with E-state index in [0.29, 0.717) is 0 Å². The topological polar surface area (TPSA) is 133 Å². The third-order valence-electron chi connectivity index (χ3n) is 2.80. The maximum Gasteiger partial charge on any atom is 0.331 e. The van der Waals surface area contributed by atoms with Crippen molar-refractivity contribution in [1.29, 1.82) is 0 Å². The summed E-state index contributed by atoms with van der Waals surface area (Å²) in [4.78, 5) is 27.5. The third kappa shape index (κ3) is 2.64. The molecule has 0 amide bonds. The molecule has 1 aromatic heterocycles. The summed E-state index contributed by atoms with van der Waals surface area (Å²) in [5.41, 5.74) is 7.08. The predicted molar refractivity (Wildman–Crippen MR) is 64.9 cm³/mol. The number of hydrogen-bond acceptors (Lipinski definition) is 5. The number of aliphatic hydroxyl groups excluding tert-OH is 1. The highest BCUT2D eigenvalue weighted by Crippen LogP contribution is 2.31. The molecule has 0 unspecified atom stereocenters. The number of aliphatic hydroxyl groups is 1. The van der Waals surface area contributed by atoms with E-state index in [2.05, 4.69) is 15.0 Å². The zero-order valence-corrected chi connectivity index (χ0v) is 10.3. The molecule has 3 atom stereocenters. The molecule has 102 valence electrons. The van der Waals surface area contributed by atoms with Crippen molar-refractivity contribution in [3.63, 3.8) is 0 Å². The summed E-state index contributed by atoms with van der Waals surface area (Å²) in [7, 11) is 0. The number of azide groups is 1. The molecule has 19 heavy (non-hydrogen) atoms. The first-order chi connectivity index (χ1) is 9.06. The molecule has 10 heteroatoms. The van der Waals surface area contributed by atoms with Gasteiger partial charge in [0.15, 0.2) is 0 Å². The van der Waals surface area contributed by atoms with Crippen LogP contribution in [0.2, 0.25) is 5.15 Å². The van der Waals surface area contributed by atoms with Crippen molar-refractivity contribution in [2.75, 3.05) is 6.61 Å². The predicted octanol–water partition coefficient (Wildman–Crippen LogP) is 0.149. The normalized spacial score (nSPS) is 26.1. The summed E-state index contributed by atoms with van der Waals surface area (Å²) >= 11 is 5.83. The van der Waals surface area contributed by atoms with Crippen molar-refractivity contribution in [3.8, 4) is 0 Å². The second-order valence-corrected chi connectivity index (χ2v) is 4.34. The Bertz CT molecular complexity index is 634. The Labute approximate surface area is 111 Å². The molecule has 2 rings (SSSR count). The summed E-state index contributed by atoms with van der Waals surface area (Å²) in [5.74, 6) is 0. The molecule has 2 N–H and O–H groups in total. The van der Waals surface area contributed by atoms with Crippen molar-refractivity contribution in [3.05, 3.63) is 42.5 Å². The van der Waals surface area contributed by atoms with Crippen LogP contribution in [0.15, 0.2) is 20.8 Å². The average Bonchev–Trinajstić information content (AvgIpc) is 2.71. The van der Waals surface area contributed by atoms with Crippen LogP contribution in [0.1, 0.15) is 12.6 Å². The third-order valence-corrected chi connectivity index (χ3v) is 3.09. The first kappa shape index (κ1) is 13.6. The van der Waals surface area contributed by atoms with Crippen molar-refractivity contribution in [2.24, 2.45) is 5.11 Å². The van der Waals surface area contributed by atoms with E-state index < -0.39 is 29.6 Å².